The lowest BCUT2D eigenvalue weighted by molar-refractivity contribution is 0.317. The molecular formula is C16H20N4S. The highest BCUT2D eigenvalue weighted by atomic mass is 32.1. The Balaban J connectivity index is 2.00. The molecule has 0 bridgehead atoms. The zero-order chi connectivity index (χ0) is 14.8. The molecule has 0 saturated carbocycles. The SMILES string of the molecule is CCCN1C(=S)N[C@H](c2ccccn2)[C@@H]1c1ccn(C)c1. The van der Waals surface area contributed by atoms with Gasteiger partial charge in [-0.25, -0.2) is 0 Å². The number of nitrogens with one attached hydrogen (secondary N) is 1. The molecular weight excluding hydrogens is 280 g/mol. The molecule has 1 fully saturated rings. The summed E-state index contributed by atoms with van der Waals surface area (Å²) in [5.41, 5.74) is 2.31. The molecule has 0 unspecified atom stereocenters. The monoisotopic (exact) mass is 300 g/mol. The Morgan fingerprint density at radius 3 is 2.81 bits per heavy atom. The van der Waals surface area contributed by atoms with Crippen molar-refractivity contribution in [1.82, 2.24) is 19.8 Å². The number of aryl methyl sites for hydroxylation is 1. The van der Waals surface area contributed by atoms with Gasteiger partial charge in [-0.15, -0.1) is 0 Å². The van der Waals surface area contributed by atoms with Gasteiger partial charge in [0.1, 0.15) is 0 Å². The molecule has 0 aliphatic carbocycles. The van der Waals surface area contributed by atoms with Crippen LogP contribution in [-0.4, -0.2) is 26.1 Å². The van der Waals surface area contributed by atoms with Crippen LogP contribution in [0.1, 0.15) is 36.7 Å². The Kier molecular flexibility index (Phi) is 3.92. The highest BCUT2D eigenvalue weighted by Gasteiger charge is 2.39. The van der Waals surface area contributed by atoms with Gasteiger partial charge in [0.15, 0.2) is 5.11 Å². The number of thiocarbonyl (C=S) groups is 1. The maximum absolute atomic E-state index is 5.55. The first-order chi connectivity index (χ1) is 10.2. The van der Waals surface area contributed by atoms with E-state index < -0.39 is 0 Å². The van der Waals surface area contributed by atoms with E-state index in [1.807, 2.05) is 25.4 Å². The lowest BCUT2D eigenvalue weighted by Crippen LogP contribution is -2.30. The highest BCUT2D eigenvalue weighted by Crippen LogP contribution is 2.38. The first-order valence-electron chi connectivity index (χ1n) is 7.30. The number of aromatic nitrogens is 2. The summed E-state index contributed by atoms with van der Waals surface area (Å²) in [7, 11) is 2.05. The summed E-state index contributed by atoms with van der Waals surface area (Å²) in [6.07, 6.45) is 7.15. The molecule has 1 N–H and O–H groups in total. The molecule has 1 saturated heterocycles. The van der Waals surface area contributed by atoms with Gasteiger partial charge in [0.25, 0.3) is 0 Å². The van der Waals surface area contributed by atoms with Crippen LogP contribution in [0.15, 0.2) is 42.9 Å². The van der Waals surface area contributed by atoms with Gasteiger partial charge in [-0.05, 0) is 42.4 Å². The fraction of sp³-hybridized carbons (Fsp3) is 0.375. The minimum Gasteiger partial charge on any atom is -0.357 e. The van der Waals surface area contributed by atoms with Crippen LogP contribution >= 0.6 is 12.2 Å². The summed E-state index contributed by atoms with van der Waals surface area (Å²) >= 11 is 5.55. The smallest absolute Gasteiger partial charge is 0.170 e. The van der Waals surface area contributed by atoms with Gasteiger partial charge in [0.2, 0.25) is 0 Å². The summed E-state index contributed by atoms with van der Waals surface area (Å²) in [4.78, 5) is 6.80. The third kappa shape index (κ3) is 2.65. The maximum Gasteiger partial charge on any atom is 0.170 e. The summed E-state index contributed by atoms with van der Waals surface area (Å²) in [5.74, 6) is 0. The van der Waals surface area contributed by atoms with Crippen molar-refractivity contribution in [2.24, 2.45) is 7.05 Å². The second kappa shape index (κ2) is 5.85. The van der Waals surface area contributed by atoms with Crippen molar-refractivity contribution < 1.29 is 0 Å². The fourth-order valence-corrected chi connectivity index (χ4v) is 3.28. The van der Waals surface area contributed by atoms with Gasteiger partial charge in [-0.1, -0.05) is 13.0 Å². The minimum absolute atomic E-state index is 0.104. The number of rotatable bonds is 4. The topological polar surface area (TPSA) is 33.1 Å². The Morgan fingerprint density at radius 1 is 1.33 bits per heavy atom. The van der Waals surface area contributed by atoms with Crippen molar-refractivity contribution in [3.05, 3.63) is 54.1 Å². The van der Waals surface area contributed by atoms with Gasteiger partial charge in [-0.2, -0.15) is 0 Å². The average molecular weight is 300 g/mol. The fourth-order valence-electron chi connectivity index (χ4n) is 2.95. The van der Waals surface area contributed by atoms with E-state index >= 15 is 0 Å². The van der Waals surface area contributed by atoms with E-state index in [1.54, 1.807) is 0 Å². The van der Waals surface area contributed by atoms with Crippen LogP contribution in [0, 0.1) is 0 Å². The number of hydrogen-bond acceptors (Lipinski definition) is 2. The van der Waals surface area contributed by atoms with Crippen LogP contribution in [0.5, 0.6) is 0 Å². The summed E-state index contributed by atoms with van der Waals surface area (Å²) in [6, 6.07) is 8.50. The van der Waals surface area contributed by atoms with Crippen LogP contribution in [0.4, 0.5) is 0 Å². The third-order valence-corrected chi connectivity index (χ3v) is 4.21. The van der Waals surface area contributed by atoms with Crippen LogP contribution in [0.25, 0.3) is 0 Å². The van der Waals surface area contributed by atoms with E-state index in [4.69, 9.17) is 12.2 Å². The molecule has 0 radical (unpaired) electrons. The standard InChI is InChI=1S/C16H20N4S/c1-3-9-20-15(12-7-10-19(2)11-12)14(18-16(20)21)13-6-4-5-8-17-13/h4-8,10-11,14-15H,3,9H2,1-2H3,(H,18,21)/t14-,15+/m1/s1. The molecule has 1 aliphatic heterocycles. The molecule has 0 amide bonds. The van der Waals surface area contributed by atoms with Gasteiger partial charge >= 0.3 is 0 Å². The average Bonchev–Trinajstić information content (AvgIpc) is 3.05. The van der Waals surface area contributed by atoms with Crippen molar-refractivity contribution in [3.8, 4) is 0 Å². The lowest BCUT2D eigenvalue weighted by Gasteiger charge is -2.26. The van der Waals surface area contributed by atoms with Crippen molar-refractivity contribution >= 4 is 17.3 Å². The summed E-state index contributed by atoms with van der Waals surface area (Å²) in [6.45, 7) is 3.13. The van der Waals surface area contributed by atoms with Gasteiger partial charge < -0.3 is 14.8 Å². The molecule has 0 spiro atoms. The molecule has 2 atom stereocenters. The largest absolute Gasteiger partial charge is 0.357 e. The maximum atomic E-state index is 5.55. The molecule has 21 heavy (non-hydrogen) atoms. The van der Waals surface area contributed by atoms with E-state index in [-0.39, 0.29) is 12.1 Å². The molecule has 4 nitrogen and oxygen atoms in total. The van der Waals surface area contributed by atoms with E-state index in [9.17, 15) is 0 Å². The van der Waals surface area contributed by atoms with Crippen LogP contribution in [-0.2, 0) is 7.05 Å². The quantitative estimate of drug-likeness (QED) is 0.880. The van der Waals surface area contributed by atoms with Crippen LogP contribution in [0.3, 0.4) is 0 Å². The zero-order valence-corrected chi connectivity index (χ0v) is 13.2. The molecule has 2 aromatic rings. The number of nitrogens with zero attached hydrogens (tertiary/aromatic N) is 3. The van der Waals surface area contributed by atoms with E-state index in [0.717, 1.165) is 23.8 Å². The Labute approximate surface area is 130 Å². The highest BCUT2D eigenvalue weighted by molar-refractivity contribution is 7.80. The second-order valence-electron chi connectivity index (χ2n) is 5.43. The third-order valence-electron chi connectivity index (χ3n) is 3.86. The van der Waals surface area contributed by atoms with E-state index in [0.29, 0.717) is 0 Å². The van der Waals surface area contributed by atoms with Crippen molar-refractivity contribution in [2.75, 3.05) is 6.54 Å². The minimum atomic E-state index is 0.104. The summed E-state index contributed by atoms with van der Waals surface area (Å²) < 4.78 is 2.08. The molecule has 1 aliphatic rings. The molecule has 3 heterocycles. The van der Waals surface area contributed by atoms with Gasteiger partial charge in [0.05, 0.1) is 17.8 Å². The first-order valence-corrected chi connectivity index (χ1v) is 7.71. The second-order valence-corrected chi connectivity index (χ2v) is 5.82. The Hall–Kier alpha value is -1.88. The zero-order valence-electron chi connectivity index (χ0n) is 12.4. The first kappa shape index (κ1) is 14.1. The molecule has 2 aromatic heterocycles. The molecule has 3 rings (SSSR count). The lowest BCUT2D eigenvalue weighted by atomic mass is 9.99. The Bertz CT molecular complexity index is 622. The van der Waals surface area contributed by atoms with E-state index in [1.165, 1.54) is 5.56 Å². The molecule has 110 valence electrons. The van der Waals surface area contributed by atoms with Gasteiger partial charge in [0, 0.05) is 32.2 Å². The predicted octanol–water partition coefficient (Wildman–Crippen LogP) is 2.80. The predicted molar refractivity (Wildman–Crippen MR) is 87.9 cm³/mol. The van der Waals surface area contributed by atoms with Crippen molar-refractivity contribution in [2.45, 2.75) is 25.4 Å². The van der Waals surface area contributed by atoms with Gasteiger partial charge in [-0.3, -0.25) is 4.98 Å². The normalized spacial score (nSPS) is 21.6. The van der Waals surface area contributed by atoms with Crippen LogP contribution in [0.2, 0.25) is 0 Å². The molecule has 5 heteroatoms. The molecule has 0 aromatic carbocycles. The van der Waals surface area contributed by atoms with Crippen LogP contribution < -0.4 is 5.32 Å². The van der Waals surface area contributed by atoms with Crippen molar-refractivity contribution in [3.63, 3.8) is 0 Å². The summed E-state index contributed by atoms with van der Waals surface area (Å²) in [5, 5.41) is 4.27. The number of pyridine rings is 1. The van der Waals surface area contributed by atoms with E-state index in [2.05, 4.69) is 51.2 Å². The number of hydrogen-bond donors (Lipinski definition) is 1. The Morgan fingerprint density at radius 2 is 2.19 bits per heavy atom. The van der Waals surface area contributed by atoms with Crippen molar-refractivity contribution in [1.29, 1.82) is 0 Å².